The van der Waals surface area contributed by atoms with Crippen LogP contribution in [-0.2, 0) is 12.8 Å². The molecule has 0 fully saturated rings. The van der Waals surface area contributed by atoms with E-state index < -0.39 is 12.6 Å². The topological polar surface area (TPSA) is 51.0 Å². The number of hydrogen-bond acceptors (Lipinski definition) is 4. The fourth-order valence-corrected chi connectivity index (χ4v) is 1.10. The second-order valence-corrected chi connectivity index (χ2v) is 3.61. The molecular weight excluding hydrogens is 259 g/mol. The summed E-state index contributed by atoms with van der Waals surface area (Å²) in [4.78, 5) is 3.88. The molecule has 0 aromatic carbocycles. The van der Waals surface area contributed by atoms with E-state index in [1.807, 2.05) is 6.92 Å². The van der Waals surface area contributed by atoms with Gasteiger partial charge in [-0.25, -0.2) is 0 Å². The zero-order valence-electron chi connectivity index (χ0n) is 9.54. The number of hydrogen-bond donors (Lipinski definition) is 1. The second-order valence-electron chi connectivity index (χ2n) is 3.61. The highest BCUT2D eigenvalue weighted by Gasteiger charge is 2.27. The molecule has 0 radical (unpaired) electrons. The summed E-state index contributed by atoms with van der Waals surface area (Å²) in [5.41, 5.74) is 0. The number of aryl methyl sites for hydroxylation is 1. The molecule has 0 aliphatic carbocycles. The lowest BCUT2D eigenvalue weighted by molar-refractivity contribution is -0.134. The highest BCUT2D eigenvalue weighted by atomic mass is 35.5. The van der Waals surface area contributed by atoms with Crippen molar-refractivity contribution in [1.29, 1.82) is 0 Å². The van der Waals surface area contributed by atoms with Crippen LogP contribution >= 0.6 is 12.4 Å². The highest BCUT2D eigenvalue weighted by molar-refractivity contribution is 5.85. The van der Waals surface area contributed by atoms with Crippen molar-refractivity contribution < 1.29 is 17.7 Å². The van der Waals surface area contributed by atoms with E-state index in [1.54, 1.807) is 7.05 Å². The van der Waals surface area contributed by atoms with Crippen molar-refractivity contribution in [2.45, 2.75) is 38.4 Å². The van der Waals surface area contributed by atoms with Crippen LogP contribution in [0, 0.1) is 0 Å². The molecule has 1 N–H and O–H groups in total. The molecule has 1 heterocycles. The minimum absolute atomic E-state index is 0. The lowest BCUT2D eigenvalue weighted by atomic mass is 10.2. The number of likely N-dealkylation sites (N-methyl/N-ethyl adjacent to an activating group) is 1. The minimum atomic E-state index is -4.19. The summed E-state index contributed by atoms with van der Waals surface area (Å²) in [6.45, 7) is 1.92. The van der Waals surface area contributed by atoms with Crippen LogP contribution < -0.4 is 5.32 Å². The first-order chi connectivity index (χ1) is 7.40. The van der Waals surface area contributed by atoms with Gasteiger partial charge in [-0.15, -0.1) is 12.4 Å². The Bertz CT molecular complexity index is 330. The van der Waals surface area contributed by atoms with Crippen LogP contribution in [0.4, 0.5) is 13.2 Å². The predicted molar refractivity (Wildman–Crippen MR) is 58.1 cm³/mol. The Morgan fingerprint density at radius 1 is 1.41 bits per heavy atom. The zero-order chi connectivity index (χ0) is 12.2. The molecule has 0 bridgehead atoms. The number of rotatable bonds is 5. The normalized spacial score (nSPS) is 13.2. The van der Waals surface area contributed by atoms with Gasteiger partial charge < -0.3 is 9.84 Å². The summed E-state index contributed by atoms with van der Waals surface area (Å²) in [5, 5.41) is 6.59. The quantitative estimate of drug-likeness (QED) is 0.893. The fourth-order valence-electron chi connectivity index (χ4n) is 1.10. The Hall–Kier alpha value is -0.820. The second kappa shape index (κ2) is 6.80. The maximum Gasteiger partial charge on any atom is 0.389 e. The summed E-state index contributed by atoms with van der Waals surface area (Å²) < 4.78 is 40.5. The molecule has 17 heavy (non-hydrogen) atoms. The zero-order valence-corrected chi connectivity index (χ0v) is 10.4. The van der Waals surface area contributed by atoms with Crippen molar-refractivity contribution in [3.63, 3.8) is 0 Å². The average molecular weight is 274 g/mol. The summed E-state index contributed by atoms with van der Waals surface area (Å²) in [7, 11) is 1.79. The third-order valence-electron chi connectivity index (χ3n) is 2.11. The third-order valence-corrected chi connectivity index (χ3v) is 2.11. The number of alkyl halides is 3. The van der Waals surface area contributed by atoms with Gasteiger partial charge in [0.05, 0.1) is 6.42 Å². The first-order valence-corrected chi connectivity index (χ1v) is 4.96. The van der Waals surface area contributed by atoms with E-state index in [0.29, 0.717) is 12.2 Å². The number of nitrogens with one attached hydrogen (secondary N) is 1. The molecule has 4 nitrogen and oxygen atoms in total. The lowest BCUT2D eigenvalue weighted by Crippen LogP contribution is -2.24. The first-order valence-electron chi connectivity index (χ1n) is 4.96. The molecule has 0 aliphatic rings. The van der Waals surface area contributed by atoms with E-state index in [9.17, 15) is 13.2 Å². The van der Waals surface area contributed by atoms with E-state index >= 15 is 0 Å². The molecule has 8 heteroatoms. The van der Waals surface area contributed by atoms with Crippen molar-refractivity contribution in [3.05, 3.63) is 11.7 Å². The molecule has 0 amide bonds. The van der Waals surface area contributed by atoms with Crippen LogP contribution in [0.2, 0.25) is 0 Å². The minimum Gasteiger partial charge on any atom is -0.339 e. The number of halogens is 4. The molecule has 1 atom stereocenters. The van der Waals surface area contributed by atoms with Gasteiger partial charge in [0, 0.05) is 18.9 Å². The predicted octanol–water partition coefficient (Wildman–Crippen LogP) is 2.14. The van der Waals surface area contributed by atoms with E-state index in [4.69, 9.17) is 4.52 Å². The van der Waals surface area contributed by atoms with Gasteiger partial charge in [0.1, 0.15) is 0 Å². The molecule has 100 valence electrons. The van der Waals surface area contributed by atoms with Gasteiger partial charge in [0.2, 0.25) is 5.89 Å². The Kier molecular flexibility index (Phi) is 6.48. The Balaban J connectivity index is 0.00000256. The van der Waals surface area contributed by atoms with Crippen molar-refractivity contribution in [1.82, 2.24) is 15.5 Å². The summed E-state index contributed by atoms with van der Waals surface area (Å²) >= 11 is 0. The number of nitrogens with zero attached hydrogens (tertiary/aromatic N) is 2. The molecule has 0 aliphatic heterocycles. The average Bonchev–Trinajstić information content (AvgIpc) is 2.61. The van der Waals surface area contributed by atoms with Crippen LogP contribution in [0.15, 0.2) is 4.52 Å². The van der Waals surface area contributed by atoms with Crippen LogP contribution in [0.5, 0.6) is 0 Å². The summed E-state index contributed by atoms with van der Waals surface area (Å²) in [6.07, 6.45) is -4.85. The van der Waals surface area contributed by atoms with Crippen LogP contribution in [0.25, 0.3) is 0 Å². The molecule has 0 saturated heterocycles. The van der Waals surface area contributed by atoms with Crippen molar-refractivity contribution in [2.24, 2.45) is 0 Å². The van der Waals surface area contributed by atoms with Gasteiger partial charge in [-0.1, -0.05) is 5.16 Å². The smallest absolute Gasteiger partial charge is 0.339 e. The van der Waals surface area contributed by atoms with E-state index in [1.165, 1.54) is 0 Å². The van der Waals surface area contributed by atoms with Crippen LogP contribution in [0.3, 0.4) is 0 Å². The monoisotopic (exact) mass is 273 g/mol. The van der Waals surface area contributed by atoms with Crippen molar-refractivity contribution in [3.8, 4) is 0 Å². The lowest BCUT2D eigenvalue weighted by Gasteiger charge is -2.04. The van der Waals surface area contributed by atoms with E-state index in [0.717, 1.165) is 0 Å². The van der Waals surface area contributed by atoms with Crippen LogP contribution in [0.1, 0.15) is 25.1 Å². The molecule has 1 rings (SSSR count). The molecule has 1 unspecified atom stereocenters. The number of aromatic nitrogens is 2. The SMILES string of the molecule is CNC(C)Cc1noc(CCC(F)(F)F)n1.Cl. The van der Waals surface area contributed by atoms with Gasteiger partial charge in [-0.2, -0.15) is 18.2 Å². The van der Waals surface area contributed by atoms with E-state index in [2.05, 4.69) is 15.5 Å². The van der Waals surface area contributed by atoms with E-state index in [-0.39, 0.29) is 30.8 Å². The maximum atomic E-state index is 11.9. The van der Waals surface area contributed by atoms with Crippen molar-refractivity contribution >= 4 is 12.4 Å². The van der Waals surface area contributed by atoms with Gasteiger partial charge in [0.25, 0.3) is 0 Å². The largest absolute Gasteiger partial charge is 0.389 e. The molecule has 1 aromatic heterocycles. The van der Waals surface area contributed by atoms with Gasteiger partial charge in [-0.05, 0) is 14.0 Å². The summed E-state index contributed by atoms with van der Waals surface area (Å²) in [6, 6.07) is 0.160. The first kappa shape index (κ1) is 16.2. The van der Waals surface area contributed by atoms with Gasteiger partial charge in [-0.3, -0.25) is 0 Å². The van der Waals surface area contributed by atoms with Crippen molar-refractivity contribution in [2.75, 3.05) is 7.05 Å². The molecular formula is C9H15ClF3N3O. The molecule has 0 spiro atoms. The fraction of sp³-hybridized carbons (Fsp3) is 0.778. The van der Waals surface area contributed by atoms with Crippen LogP contribution in [-0.4, -0.2) is 29.4 Å². The molecule has 1 aromatic rings. The summed E-state index contributed by atoms with van der Waals surface area (Å²) in [5.74, 6) is 0.467. The van der Waals surface area contributed by atoms with Gasteiger partial charge in [0.15, 0.2) is 5.82 Å². The maximum absolute atomic E-state index is 11.9. The highest BCUT2D eigenvalue weighted by Crippen LogP contribution is 2.21. The Morgan fingerprint density at radius 2 is 2.06 bits per heavy atom. The molecule has 0 saturated carbocycles. The Morgan fingerprint density at radius 3 is 2.59 bits per heavy atom. The standard InChI is InChI=1S/C9H14F3N3O.ClH/c1-6(13-2)5-7-14-8(16-15-7)3-4-9(10,11)12;/h6,13H,3-5H2,1-2H3;1H. The van der Waals surface area contributed by atoms with Gasteiger partial charge >= 0.3 is 6.18 Å². The third kappa shape index (κ3) is 6.48. The Labute approximate surface area is 103 Å².